The smallest absolute Gasteiger partial charge is 0.0108 e. The molecule has 1 heterocycles. The first kappa shape index (κ1) is 7.93. The molecule has 0 radical (unpaired) electrons. The summed E-state index contributed by atoms with van der Waals surface area (Å²) in [5.41, 5.74) is 2.80. The first-order chi connectivity index (χ1) is 5.88. The zero-order valence-electron chi connectivity index (χ0n) is 7.21. The van der Waals surface area contributed by atoms with Gasteiger partial charge in [0.15, 0.2) is 0 Å². The predicted octanol–water partition coefficient (Wildman–Crippen LogP) is 3.47. The number of benzene rings is 1. The number of aryl methyl sites for hydroxylation is 1. The molecule has 62 valence electrons. The van der Waals surface area contributed by atoms with E-state index in [-0.39, 0.29) is 0 Å². The van der Waals surface area contributed by atoms with Crippen LogP contribution in [0.15, 0.2) is 30.3 Å². The van der Waals surface area contributed by atoms with Crippen molar-refractivity contribution in [3.8, 4) is 0 Å². The zero-order chi connectivity index (χ0) is 8.39. The molecule has 1 aromatic carbocycles. The predicted molar refractivity (Wildman–Crippen MR) is 56.2 cm³/mol. The average Bonchev–Trinajstić information content (AvgIpc) is 2.57. The van der Waals surface area contributed by atoms with E-state index < -0.39 is 0 Å². The molecule has 1 aliphatic heterocycles. The Balaban J connectivity index is 2.39. The Bertz CT molecular complexity index is 313. The molecule has 2 rings (SSSR count). The van der Waals surface area contributed by atoms with Gasteiger partial charge in [-0.15, -0.1) is 11.8 Å². The Labute approximate surface area is 77.7 Å². The summed E-state index contributed by atoms with van der Waals surface area (Å²) in [6, 6.07) is 8.59. The number of hydrogen-bond donors (Lipinski definition) is 0. The largest absolute Gasteiger partial charge is 0.126 e. The van der Waals surface area contributed by atoms with Gasteiger partial charge in [0.1, 0.15) is 0 Å². The third kappa shape index (κ3) is 1.42. The summed E-state index contributed by atoms with van der Waals surface area (Å²) in [5, 5.41) is 0. The Morgan fingerprint density at radius 1 is 1.25 bits per heavy atom. The van der Waals surface area contributed by atoms with Crippen LogP contribution in [0, 0.1) is 6.92 Å². The molecule has 0 N–H and O–H groups in total. The maximum atomic E-state index is 2.34. The third-order valence-corrected chi connectivity index (χ3v) is 3.25. The normalized spacial score (nSPS) is 16.2. The van der Waals surface area contributed by atoms with Crippen LogP contribution in [-0.4, -0.2) is 5.75 Å². The van der Waals surface area contributed by atoms with Crippen LogP contribution in [-0.2, 0) is 0 Å². The van der Waals surface area contributed by atoms with Crippen LogP contribution in [0.3, 0.4) is 0 Å². The molecule has 0 amide bonds. The number of thioether (sulfide) groups is 1. The van der Waals surface area contributed by atoms with Crippen LogP contribution >= 0.6 is 11.8 Å². The fraction of sp³-hybridized carbons (Fsp3) is 0.273. The highest BCUT2D eigenvalue weighted by molar-refractivity contribution is 8.08. The summed E-state index contributed by atoms with van der Waals surface area (Å²) in [4.78, 5) is 1.47. The molecule has 0 saturated carbocycles. The second-order valence-electron chi connectivity index (χ2n) is 3.02. The second kappa shape index (κ2) is 3.36. The number of allylic oxidation sites excluding steroid dienone is 1. The van der Waals surface area contributed by atoms with Gasteiger partial charge in [0.05, 0.1) is 0 Å². The van der Waals surface area contributed by atoms with Crippen molar-refractivity contribution in [2.75, 3.05) is 5.75 Å². The molecule has 0 saturated heterocycles. The van der Waals surface area contributed by atoms with Gasteiger partial charge in [-0.3, -0.25) is 0 Å². The lowest BCUT2D eigenvalue weighted by Crippen LogP contribution is -1.82. The van der Waals surface area contributed by atoms with Crippen LogP contribution in [0.2, 0.25) is 0 Å². The summed E-state index contributed by atoms with van der Waals surface area (Å²) in [7, 11) is 0. The Morgan fingerprint density at radius 3 is 2.75 bits per heavy atom. The van der Waals surface area contributed by atoms with Gasteiger partial charge < -0.3 is 0 Å². The van der Waals surface area contributed by atoms with Crippen molar-refractivity contribution in [1.29, 1.82) is 0 Å². The van der Waals surface area contributed by atoms with Crippen molar-refractivity contribution in [3.05, 3.63) is 41.5 Å². The first-order valence-corrected chi connectivity index (χ1v) is 5.25. The molecular weight excluding hydrogens is 164 g/mol. The van der Waals surface area contributed by atoms with Gasteiger partial charge in [-0.05, 0) is 24.5 Å². The molecule has 0 nitrogen and oxygen atoms in total. The molecule has 1 aliphatic rings. The van der Waals surface area contributed by atoms with E-state index in [4.69, 9.17) is 0 Å². The van der Waals surface area contributed by atoms with E-state index in [1.54, 1.807) is 0 Å². The lowest BCUT2D eigenvalue weighted by molar-refractivity contribution is 1.28. The van der Waals surface area contributed by atoms with Crippen LogP contribution in [0.1, 0.15) is 17.5 Å². The highest BCUT2D eigenvalue weighted by Crippen LogP contribution is 2.35. The summed E-state index contributed by atoms with van der Waals surface area (Å²) in [5.74, 6) is 1.25. The molecule has 0 unspecified atom stereocenters. The first-order valence-electron chi connectivity index (χ1n) is 4.27. The minimum Gasteiger partial charge on any atom is -0.126 e. The van der Waals surface area contributed by atoms with E-state index in [1.807, 2.05) is 11.8 Å². The van der Waals surface area contributed by atoms with Crippen LogP contribution in [0.5, 0.6) is 0 Å². The lowest BCUT2D eigenvalue weighted by atomic mass is 10.1. The molecular formula is C11H12S. The van der Waals surface area contributed by atoms with E-state index >= 15 is 0 Å². The molecule has 0 fully saturated rings. The fourth-order valence-electron chi connectivity index (χ4n) is 1.45. The van der Waals surface area contributed by atoms with Gasteiger partial charge in [-0.1, -0.05) is 30.3 Å². The number of hydrogen-bond acceptors (Lipinski definition) is 1. The lowest BCUT2D eigenvalue weighted by Gasteiger charge is -2.04. The Kier molecular flexibility index (Phi) is 2.22. The van der Waals surface area contributed by atoms with Gasteiger partial charge in [-0.2, -0.15) is 0 Å². The molecule has 1 aromatic rings. The van der Waals surface area contributed by atoms with E-state index in [0.29, 0.717) is 0 Å². The van der Waals surface area contributed by atoms with Crippen molar-refractivity contribution >= 4 is 16.7 Å². The molecule has 0 aliphatic carbocycles. The zero-order valence-corrected chi connectivity index (χ0v) is 8.03. The van der Waals surface area contributed by atoms with Crippen LogP contribution in [0.25, 0.3) is 4.91 Å². The van der Waals surface area contributed by atoms with Crippen molar-refractivity contribution in [1.82, 2.24) is 0 Å². The molecule has 12 heavy (non-hydrogen) atoms. The topological polar surface area (TPSA) is 0 Å². The fourth-order valence-corrected chi connectivity index (χ4v) is 2.53. The van der Waals surface area contributed by atoms with Gasteiger partial charge in [0, 0.05) is 10.7 Å². The van der Waals surface area contributed by atoms with Crippen molar-refractivity contribution < 1.29 is 0 Å². The molecule has 0 aromatic heterocycles. The highest BCUT2D eigenvalue weighted by Gasteiger charge is 2.08. The second-order valence-corrected chi connectivity index (χ2v) is 4.16. The molecule has 1 heteroatoms. The van der Waals surface area contributed by atoms with Crippen molar-refractivity contribution in [2.24, 2.45) is 0 Å². The summed E-state index contributed by atoms with van der Waals surface area (Å²) < 4.78 is 0. The quantitative estimate of drug-likeness (QED) is 0.631. The standard InChI is InChI=1S/C11H12S/c1-9-5-2-3-6-10(9)11-7-4-8-12-11/h2-3,5-7H,4,8H2,1H3. The van der Waals surface area contributed by atoms with Crippen LogP contribution < -0.4 is 0 Å². The Hall–Kier alpha value is -0.690. The molecule has 0 bridgehead atoms. The maximum Gasteiger partial charge on any atom is 0.0108 e. The van der Waals surface area contributed by atoms with Crippen molar-refractivity contribution in [2.45, 2.75) is 13.3 Å². The summed E-state index contributed by atoms with van der Waals surface area (Å²) in [6.45, 7) is 2.18. The summed E-state index contributed by atoms with van der Waals surface area (Å²) in [6.07, 6.45) is 3.57. The SMILES string of the molecule is Cc1ccccc1C1=CCCS1. The average molecular weight is 176 g/mol. The van der Waals surface area contributed by atoms with Gasteiger partial charge >= 0.3 is 0 Å². The van der Waals surface area contributed by atoms with E-state index in [0.717, 1.165) is 0 Å². The van der Waals surface area contributed by atoms with Crippen LogP contribution in [0.4, 0.5) is 0 Å². The minimum absolute atomic E-state index is 1.23. The summed E-state index contributed by atoms with van der Waals surface area (Å²) >= 11 is 1.97. The van der Waals surface area contributed by atoms with Gasteiger partial charge in [0.25, 0.3) is 0 Å². The molecule has 0 atom stereocenters. The van der Waals surface area contributed by atoms with E-state index in [2.05, 4.69) is 37.3 Å². The Morgan fingerprint density at radius 2 is 2.08 bits per heavy atom. The van der Waals surface area contributed by atoms with Gasteiger partial charge in [0.2, 0.25) is 0 Å². The minimum atomic E-state index is 1.23. The number of rotatable bonds is 1. The third-order valence-electron chi connectivity index (χ3n) is 2.12. The van der Waals surface area contributed by atoms with E-state index in [9.17, 15) is 0 Å². The highest BCUT2D eigenvalue weighted by atomic mass is 32.2. The van der Waals surface area contributed by atoms with E-state index in [1.165, 1.54) is 28.2 Å². The molecule has 0 spiro atoms. The monoisotopic (exact) mass is 176 g/mol. The van der Waals surface area contributed by atoms with Crippen molar-refractivity contribution in [3.63, 3.8) is 0 Å². The van der Waals surface area contributed by atoms with Gasteiger partial charge in [-0.25, -0.2) is 0 Å². The maximum absolute atomic E-state index is 2.34.